The number of rotatable bonds is 10. The van der Waals surface area contributed by atoms with Crippen LogP contribution in [0.15, 0.2) is 40.7 Å². The molecule has 0 fully saturated rings. The van der Waals surface area contributed by atoms with Gasteiger partial charge in [0.05, 0.1) is 42.8 Å². The molecule has 0 saturated carbocycles. The molecule has 184 valence electrons. The Hall–Kier alpha value is -3.89. The molecule has 0 unspecified atom stereocenters. The second-order valence-electron chi connectivity index (χ2n) is 7.64. The Morgan fingerprint density at radius 1 is 1.06 bits per heavy atom. The number of nitrogens with zero attached hydrogens (tertiary/aromatic N) is 1. The molecule has 1 heterocycles. The summed E-state index contributed by atoms with van der Waals surface area (Å²) in [7, 11) is 2.42. The van der Waals surface area contributed by atoms with Gasteiger partial charge >= 0.3 is 11.9 Å². The Morgan fingerprint density at radius 3 is 2.15 bits per heavy atom. The minimum atomic E-state index is -1.02. The largest absolute Gasteiger partial charge is 0.493 e. The van der Waals surface area contributed by atoms with E-state index in [1.807, 2.05) is 0 Å². The second kappa shape index (κ2) is 11.8. The number of nitrogens with one attached hydrogen (secondary N) is 2. The van der Waals surface area contributed by atoms with Crippen molar-refractivity contribution >= 4 is 23.5 Å². The van der Waals surface area contributed by atoms with E-state index >= 15 is 0 Å². The van der Waals surface area contributed by atoms with Gasteiger partial charge in [-0.25, -0.2) is 9.59 Å². The number of benzene rings is 1. The summed E-state index contributed by atoms with van der Waals surface area (Å²) in [4.78, 5) is 47.4. The molecule has 11 nitrogen and oxygen atoms in total. The molecule has 1 amide bonds. The maximum absolute atomic E-state index is 12.7. The number of carbonyl (C=O) groups excluding carboxylic acids is 3. The summed E-state index contributed by atoms with van der Waals surface area (Å²) < 4.78 is 15.8. The third-order valence-electron chi connectivity index (χ3n) is 5.29. The lowest BCUT2D eigenvalue weighted by atomic mass is 9.80. The van der Waals surface area contributed by atoms with Crippen molar-refractivity contribution in [3.8, 4) is 5.75 Å². The van der Waals surface area contributed by atoms with Gasteiger partial charge in [-0.1, -0.05) is 0 Å². The highest BCUT2D eigenvalue weighted by Gasteiger charge is 2.39. The fourth-order valence-electron chi connectivity index (χ4n) is 3.75. The van der Waals surface area contributed by atoms with E-state index in [2.05, 4.69) is 10.6 Å². The first kappa shape index (κ1) is 26.4. The lowest BCUT2D eigenvalue weighted by Crippen LogP contribution is -2.32. The molecular formula is C23H29N3O8. The van der Waals surface area contributed by atoms with E-state index in [4.69, 9.17) is 14.2 Å². The molecular weight excluding hydrogens is 446 g/mol. The number of unbranched alkanes of at least 4 members (excludes halogenated alkanes) is 1. The number of dihydropyridines is 1. The molecule has 34 heavy (non-hydrogen) atoms. The van der Waals surface area contributed by atoms with Crippen LogP contribution in [-0.2, 0) is 23.9 Å². The van der Waals surface area contributed by atoms with Crippen molar-refractivity contribution in [2.24, 2.45) is 0 Å². The lowest BCUT2D eigenvalue weighted by molar-refractivity contribution is -0.384. The van der Waals surface area contributed by atoms with Crippen LogP contribution in [0.25, 0.3) is 0 Å². The maximum atomic E-state index is 12.7. The Morgan fingerprint density at radius 2 is 1.65 bits per heavy atom. The van der Waals surface area contributed by atoms with Gasteiger partial charge in [0.15, 0.2) is 0 Å². The number of ether oxygens (including phenoxy) is 3. The third-order valence-corrected chi connectivity index (χ3v) is 5.29. The van der Waals surface area contributed by atoms with Crippen molar-refractivity contribution in [3.63, 3.8) is 0 Å². The van der Waals surface area contributed by atoms with E-state index in [1.54, 1.807) is 13.8 Å². The van der Waals surface area contributed by atoms with Gasteiger partial charge in [-0.05, 0) is 32.8 Å². The molecule has 1 aliphatic heterocycles. The number of hydrogen-bond donors (Lipinski definition) is 2. The number of carbonyl (C=O) groups is 3. The first-order valence-corrected chi connectivity index (χ1v) is 10.6. The number of allylic oxidation sites excluding steroid dienone is 2. The molecule has 2 N–H and O–H groups in total. The minimum Gasteiger partial charge on any atom is -0.493 e. The molecule has 0 bridgehead atoms. The molecule has 2 rings (SSSR count). The van der Waals surface area contributed by atoms with Crippen LogP contribution < -0.4 is 15.4 Å². The van der Waals surface area contributed by atoms with Crippen molar-refractivity contribution in [3.05, 3.63) is 56.4 Å². The number of esters is 2. The van der Waals surface area contributed by atoms with Gasteiger partial charge in [-0.3, -0.25) is 14.9 Å². The number of nitro groups is 1. The highest BCUT2D eigenvalue weighted by atomic mass is 16.6. The van der Waals surface area contributed by atoms with Gasteiger partial charge in [0.25, 0.3) is 5.69 Å². The van der Waals surface area contributed by atoms with Crippen LogP contribution in [0, 0.1) is 10.1 Å². The van der Waals surface area contributed by atoms with Gasteiger partial charge in [0.1, 0.15) is 5.75 Å². The summed E-state index contributed by atoms with van der Waals surface area (Å²) in [6.07, 6.45) is 1.26. The van der Waals surface area contributed by atoms with Gasteiger partial charge in [-0.2, -0.15) is 0 Å². The maximum Gasteiger partial charge on any atom is 0.336 e. The third kappa shape index (κ3) is 6.12. The number of amides is 1. The smallest absolute Gasteiger partial charge is 0.336 e. The summed E-state index contributed by atoms with van der Waals surface area (Å²) in [6.45, 7) is 5.47. The topological polar surface area (TPSA) is 146 Å². The van der Waals surface area contributed by atoms with Crippen molar-refractivity contribution < 1.29 is 33.5 Å². The summed E-state index contributed by atoms with van der Waals surface area (Å²) in [5.41, 5.74) is 1.14. The molecule has 0 aromatic heterocycles. The van der Waals surface area contributed by atoms with Crippen molar-refractivity contribution in [1.29, 1.82) is 0 Å². The van der Waals surface area contributed by atoms with E-state index in [0.29, 0.717) is 30.8 Å². The SMILES string of the molecule is COC(=O)C1=C(C)NC(C)=C(C(=O)OC)C1c1cc([N+](=O)[O-])ccc1OCCCCNC(C)=O. The molecule has 1 aromatic carbocycles. The fourth-order valence-corrected chi connectivity index (χ4v) is 3.75. The van der Waals surface area contributed by atoms with E-state index in [-0.39, 0.29) is 40.7 Å². The first-order chi connectivity index (χ1) is 16.1. The van der Waals surface area contributed by atoms with E-state index < -0.39 is 22.8 Å². The molecule has 0 radical (unpaired) electrons. The molecule has 1 aromatic rings. The monoisotopic (exact) mass is 475 g/mol. The Balaban J connectivity index is 2.55. The highest BCUT2D eigenvalue weighted by molar-refractivity contribution is 6.00. The summed E-state index contributed by atoms with van der Waals surface area (Å²) in [6, 6.07) is 4.02. The van der Waals surface area contributed by atoms with E-state index in [1.165, 1.54) is 39.3 Å². The van der Waals surface area contributed by atoms with E-state index in [9.17, 15) is 24.5 Å². The van der Waals surface area contributed by atoms with Gasteiger partial charge in [-0.15, -0.1) is 0 Å². The zero-order chi connectivity index (χ0) is 25.4. The molecule has 11 heteroatoms. The first-order valence-electron chi connectivity index (χ1n) is 10.6. The molecule has 0 atom stereocenters. The quantitative estimate of drug-likeness (QED) is 0.225. The normalized spacial score (nSPS) is 13.8. The van der Waals surface area contributed by atoms with Crippen molar-refractivity contribution in [2.45, 2.75) is 39.5 Å². The van der Waals surface area contributed by atoms with Crippen LogP contribution in [0.4, 0.5) is 5.69 Å². The number of non-ortho nitro benzene ring substituents is 1. The molecule has 0 aliphatic carbocycles. The van der Waals surface area contributed by atoms with Crippen LogP contribution in [0.5, 0.6) is 5.75 Å². The summed E-state index contributed by atoms with van der Waals surface area (Å²) >= 11 is 0. The van der Waals surface area contributed by atoms with Gasteiger partial charge in [0, 0.05) is 42.6 Å². The van der Waals surface area contributed by atoms with Crippen LogP contribution >= 0.6 is 0 Å². The van der Waals surface area contributed by atoms with E-state index in [0.717, 1.165) is 0 Å². The molecule has 0 saturated heterocycles. The average molecular weight is 475 g/mol. The molecule has 1 aliphatic rings. The number of hydrogen-bond acceptors (Lipinski definition) is 9. The summed E-state index contributed by atoms with van der Waals surface area (Å²) in [5, 5.41) is 17.2. The molecule has 0 spiro atoms. The van der Waals surface area contributed by atoms with Gasteiger partial charge in [0.2, 0.25) is 5.91 Å². The standard InChI is InChI=1S/C23H29N3O8/c1-13-19(22(28)32-4)21(20(14(2)25-13)23(29)33-5)17-12-16(26(30)31)8-9-18(17)34-11-7-6-10-24-15(3)27/h8-9,12,21,25H,6-7,10-11H2,1-5H3,(H,24,27). The number of methoxy groups -OCH3 is 2. The van der Waals surface area contributed by atoms with Crippen LogP contribution in [0.2, 0.25) is 0 Å². The zero-order valence-electron chi connectivity index (χ0n) is 19.9. The second-order valence-corrected chi connectivity index (χ2v) is 7.64. The highest BCUT2D eigenvalue weighted by Crippen LogP contribution is 2.44. The Kier molecular flexibility index (Phi) is 9.17. The van der Waals surface area contributed by atoms with Gasteiger partial charge < -0.3 is 24.8 Å². The predicted octanol–water partition coefficient (Wildman–Crippen LogP) is 2.47. The lowest BCUT2D eigenvalue weighted by Gasteiger charge is -2.30. The Bertz CT molecular complexity index is 1010. The van der Waals surface area contributed by atoms with Crippen LogP contribution in [0.3, 0.4) is 0 Å². The predicted molar refractivity (Wildman–Crippen MR) is 122 cm³/mol. The van der Waals surface area contributed by atoms with Crippen LogP contribution in [0.1, 0.15) is 45.1 Å². The average Bonchev–Trinajstić information content (AvgIpc) is 2.79. The van der Waals surface area contributed by atoms with Crippen molar-refractivity contribution in [1.82, 2.24) is 10.6 Å². The fraction of sp³-hybridized carbons (Fsp3) is 0.435. The summed E-state index contributed by atoms with van der Waals surface area (Å²) in [5.74, 6) is -2.26. The zero-order valence-corrected chi connectivity index (χ0v) is 19.9. The van der Waals surface area contributed by atoms with Crippen molar-refractivity contribution in [2.75, 3.05) is 27.4 Å². The van der Waals surface area contributed by atoms with Crippen LogP contribution in [-0.4, -0.2) is 50.1 Å². The number of nitro benzene ring substituents is 1. The Labute approximate surface area is 197 Å². The minimum absolute atomic E-state index is 0.115.